The van der Waals surface area contributed by atoms with Crippen LogP contribution in [-0.4, -0.2) is 38.6 Å². The van der Waals surface area contributed by atoms with Crippen LogP contribution in [0.15, 0.2) is 71.7 Å². The van der Waals surface area contributed by atoms with Gasteiger partial charge in [0.1, 0.15) is 11.4 Å². The summed E-state index contributed by atoms with van der Waals surface area (Å²) < 4.78 is 29.2. The molecule has 35 heavy (non-hydrogen) atoms. The monoisotopic (exact) mass is 471 g/mol. The van der Waals surface area contributed by atoms with Crippen LogP contribution < -0.4 is 10.5 Å². The van der Waals surface area contributed by atoms with E-state index in [1.54, 1.807) is 6.20 Å². The van der Waals surface area contributed by atoms with Gasteiger partial charge in [-0.05, 0) is 30.7 Å². The topological polar surface area (TPSA) is 66.3 Å². The number of rotatable bonds is 3. The van der Waals surface area contributed by atoms with Crippen LogP contribution in [0.5, 0.6) is 0 Å². The second-order valence-corrected chi connectivity index (χ2v) is 9.01. The number of H-pyrrole nitrogens is 1. The fourth-order valence-electron chi connectivity index (χ4n) is 4.89. The summed E-state index contributed by atoms with van der Waals surface area (Å²) in [6.07, 6.45) is 1.27. The van der Waals surface area contributed by atoms with Crippen LogP contribution in [0.2, 0.25) is 0 Å². The normalized spacial score (nSPS) is 15.7. The van der Waals surface area contributed by atoms with Gasteiger partial charge in [-0.2, -0.15) is 9.61 Å². The van der Waals surface area contributed by atoms with E-state index in [1.165, 1.54) is 4.52 Å². The summed E-state index contributed by atoms with van der Waals surface area (Å²) in [7, 11) is 0. The van der Waals surface area contributed by atoms with Crippen LogP contribution in [0.1, 0.15) is 18.5 Å². The van der Waals surface area contributed by atoms with Crippen LogP contribution in [0.25, 0.3) is 38.9 Å². The molecule has 1 fully saturated rings. The van der Waals surface area contributed by atoms with E-state index in [-0.39, 0.29) is 31.5 Å². The Morgan fingerprint density at radius 3 is 2.51 bits per heavy atom. The average Bonchev–Trinajstić information content (AvgIpc) is 3.24. The van der Waals surface area contributed by atoms with Crippen molar-refractivity contribution in [2.24, 2.45) is 0 Å². The highest BCUT2D eigenvalue weighted by Crippen LogP contribution is 2.38. The van der Waals surface area contributed by atoms with Crippen molar-refractivity contribution < 1.29 is 8.78 Å². The van der Waals surface area contributed by atoms with Crippen molar-refractivity contribution in [1.82, 2.24) is 19.6 Å². The molecule has 5 aromatic rings. The molecule has 1 N–H and O–H groups in total. The van der Waals surface area contributed by atoms with Crippen LogP contribution in [-0.2, 0) is 0 Å². The van der Waals surface area contributed by atoms with Gasteiger partial charge in [0.15, 0.2) is 5.65 Å². The van der Waals surface area contributed by atoms with Gasteiger partial charge in [-0.3, -0.25) is 9.78 Å². The van der Waals surface area contributed by atoms with Gasteiger partial charge in [-0.25, -0.2) is 8.78 Å². The molecule has 6 rings (SSSR count). The molecule has 1 aliphatic heterocycles. The minimum atomic E-state index is -2.67. The first-order chi connectivity index (χ1) is 16.9. The molecule has 0 amide bonds. The molecule has 0 unspecified atom stereocenters. The quantitative estimate of drug-likeness (QED) is 0.380. The van der Waals surface area contributed by atoms with Crippen LogP contribution in [0, 0.1) is 6.92 Å². The van der Waals surface area contributed by atoms with E-state index in [0.29, 0.717) is 28.3 Å². The molecule has 0 bridgehead atoms. The molecular formula is C27H23F2N5O. The fraction of sp³-hybridized carbons (Fsp3) is 0.222. The maximum atomic E-state index is 13.9. The molecule has 1 saturated heterocycles. The zero-order valence-electron chi connectivity index (χ0n) is 19.1. The summed E-state index contributed by atoms with van der Waals surface area (Å²) in [6.45, 7) is 2.23. The molecule has 0 spiro atoms. The molecule has 1 aliphatic rings. The predicted octanol–water partition coefficient (Wildman–Crippen LogP) is 5.45. The second-order valence-electron chi connectivity index (χ2n) is 9.01. The lowest BCUT2D eigenvalue weighted by atomic mass is 10.0. The molecule has 0 aliphatic carbocycles. The largest absolute Gasteiger partial charge is 0.366 e. The standard InChI is InChI=1S/C27H23F2N5O/c1-17-22(20-9-10-21-19(16-20)8-5-13-30-21)26(35)34-25(31-17)24(33-14-11-27(28,29)12-15-33)23(32-34)18-6-3-2-4-7-18/h2-10,13,16,31H,11-12,14-15H2,1H3. The molecular weight excluding hydrogens is 448 g/mol. The third kappa shape index (κ3) is 3.65. The molecule has 0 saturated carbocycles. The van der Waals surface area contributed by atoms with Gasteiger partial charge in [-0.1, -0.05) is 42.5 Å². The lowest BCUT2D eigenvalue weighted by Gasteiger charge is -2.33. The van der Waals surface area contributed by atoms with Gasteiger partial charge in [0.25, 0.3) is 11.5 Å². The number of hydrogen-bond donors (Lipinski definition) is 1. The number of fused-ring (bicyclic) bond motifs is 2. The lowest BCUT2D eigenvalue weighted by Crippen LogP contribution is -2.39. The molecule has 2 aromatic carbocycles. The Bertz CT molecular complexity index is 1610. The van der Waals surface area contributed by atoms with E-state index in [9.17, 15) is 13.6 Å². The average molecular weight is 472 g/mol. The van der Waals surface area contributed by atoms with Crippen molar-refractivity contribution in [3.8, 4) is 22.4 Å². The summed E-state index contributed by atoms with van der Waals surface area (Å²) in [5.41, 5.74) is 5.18. The number of alkyl halides is 2. The lowest BCUT2D eigenvalue weighted by molar-refractivity contribution is -0.0220. The smallest absolute Gasteiger partial charge is 0.282 e. The van der Waals surface area contributed by atoms with E-state index in [2.05, 4.69) is 9.97 Å². The highest BCUT2D eigenvalue weighted by molar-refractivity contribution is 5.88. The summed E-state index contributed by atoms with van der Waals surface area (Å²) in [6, 6.07) is 19.1. The van der Waals surface area contributed by atoms with Crippen LogP contribution in [0.4, 0.5) is 14.5 Å². The Morgan fingerprint density at radius 1 is 0.971 bits per heavy atom. The van der Waals surface area contributed by atoms with Gasteiger partial charge in [0, 0.05) is 48.8 Å². The van der Waals surface area contributed by atoms with Gasteiger partial charge < -0.3 is 9.88 Å². The molecule has 176 valence electrons. The minimum Gasteiger partial charge on any atom is -0.366 e. The number of halogens is 2. The van der Waals surface area contributed by atoms with Crippen molar-refractivity contribution >= 4 is 22.2 Å². The zero-order chi connectivity index (χ0) is 24.2. The summed E-state index contributed by atoms with van der Waals surface area (Å²) in [4.78, 5) is 23.4. The summed E-state index contributed by atoms with van der Waals surface area (Å²) in [5.74, 6) is -2.67. The summed E-state index contributed by atoms with van der Waals surface area (Å²) in [5, 5.41) is 5.65. The first-order valence-corrected chi connectivity index (χ1v) is 11.6. The molecule has 0 atom stereocenters. The van der Waals surface area contributed by atoms with Gasteiger partial charge in [0.05, 0.1) is 11.1 Å². The van der Waals surface area contributed by atoms with Crippen molar-refractivity contribution in [2.75, 3.05) is 18.0 Å². The van der Waals surface area contributed by atoms with Crippen LogP contribution >= 0.6 is 0 Å². The van der Waals surface area contributed by atoms with Crippen molar-refractivity contribution in [3.05, 3.63) is 82.9 Å². The first-order valence-electron chi connectivity index (χ1n) is 11.6. The van der Waals surface area contributed by atoms with Crippen molar-refractivity contribution in [1.29, 1.82) is 0 Å². The van der Waals surface area contributed by atoms with E-state index in [4.69, 9.17) is 5.10 Å². The fourth-order valence-corrected chi connectivity index (χ4v) is 4.89. The first kappa shape index (κ1) is 21.5. The molecule has 6 nitrogen and oxygen atoms in total. The predicted molar refractivity (Wildman–Crippen MR) is 133 cm³/mol. The molecule has 8 heteroatoms. The SMILES string of the molecule is Cc1[nH]c2c(N3CCC(F)(F)CC3)c(-c3ccccc3)nn2c(=O)c1-c1ccc2ncccc2c1. The molecule has 4 heterocycles. The number of aromatic amines is 1. The third-order valence-electron chi connectivity index (χ3n) is 6.70. The Kier molecular flexibility index (Phi) is 4.91. The van der Waals surface area contributed by atoms with Crippen molar-refractivity contribution in [3.63, 3.8) is 0 Å². The number of benzene rings is 2. The summed E-state index contributed by atoms with van der Waals surface area (Å²) >= 11 is 0. The number of piperidine rings is 1. The van der Waals surface area contributed by atoms with Gasteiger partial charge in [0.2, 0.25) is 0 Å². The number of pyridine rings is 1. The van der Waals surface area contributed by atoms with E-state index < -0.39 is 5.92 Å². The highest BCUT2D eigenvalue weighted by Gasteiger charge is 2.36. The van der Waals surface area contributed by atoms with E-state index >= 15 is 0 Å². The minimum absolute atomic E-state index is 0.189. The number of anilines is 1. The molecule has 3 aromatic heterocycles. The highest BCUT2D eigenvalue weighted by atomic mass is 19.3. The van der Waals surface area contributed by atoms with E-state index in [0.717, 1.165) is 22.0 Å². The van der Waals surface area contributed by atoms with Crippen molar-refractivity contribution in [2.45, 2.75) is 25.7 Å². The second kappa shape index (κ2) is 8.01. The Balaban J connectivity index is 1.57. The Hall–Kier alpha value is -4.07. The number of aryl methyl sites for hydroxylation is 1. The van der Waals surface area contributed by atoms with Gasteiger partial charge >= 0.3 is 0 Å². The number of nitrogens with zero attached hydrogens (tertiary/aromatic N) is 4. The van der Waals surface area contributed by atoms with Gasteiger partial charge in [-0.15, -0.1) is 0 Å². The maximum absolute atomic E-state index is 13.9. The number of hydrogen-bond acceptors (Lipinski definition) is 4. The van der Waals surface area contributed by atoms with E-state index in [1.807, 2.05) is 72.5 Å². The Morgan fingerprint density at radius 2 is 1.74 bits per heavy atom. The molecule has 0 radical (unpaired) electrons. The maximum Gasteiger partial charge on any atom is 0.282 e. The van der Waals surface area contributed by atoms with Crippen LogP contribution in [0.3, 0.4) is 0 Å². The third-order valence-corrected chi connectivity index (χ3v) is 6.70. The number of aromatic nitrogens is 4. The zero-order valence-corrected chi connectivity index (χ0v) is 19.1. The Labute approximate surface area is 199 Å². The number of nitrogens with one attached hydrogen (secondary N) is 1.